The highest BCUT2D eigenvalue weighted by Gasteiger charge is 2.13. The molecular weight excluding hydrogens is 404 g/mol. The van der Waals surface area contributed by atoms with Crippen LogP contribution >= 0.6 is 27.5 Å². The van der Waals surface area contributed by atoms with Crippen molar-refractivity contribution < 1.29 is 13.2 Å². The van der Waals surface area contributed by atoms with E-state index < -0.39 is 10.0 Å². The van der Waals surface area contributed by atoms with Crippen LogP contribution in [0.25, 0.3) is 0 Å². The van der Waals surface area contributed by atoms with Crippen molar-refractivity contribution >= 4 is 49.1 Å². The zero-order valence-corrected chi connectivity index (χ0v) is 15.1. The predicted octanol–water partition coefficient (Wildman–Crippen LogP) is 3.41. The van der Waals surface area contributed by atoms with Gasteiger partial charge in [-0.1, -0.05) is 45.7 Å². The Labute approximate surface area is 148 Å². The normalized spacial score (nSPS) is 11.2. The third-order valence-corrected chi connectivity index (χ3v) is 5.19. The molecule has 5 nitrogen and oxygen atoms in total. The number of amides is 1. The van der Waals surface area contributed by atoms with Crippen molar-refractivity contribution in [1.82, 2.24) is 4.72 Å². The molecule has 0 fully saturated rings. The summed E-state index contributed by atoms with van der Waals surface area (Å²) >= 11 is 9.28. The molecule has 0 radical (unpaired) electrons. The van der Waals surface area contributed by atoms with Crippen molar-refractivity contribution in [3.8, 4) is 0 Å². The molecule has 0 saturated carbocycles. The quantitative estimate of drug-likeness (QED) is 0.756. The number of carbonyl (C=O) groups excluding carboxylic acids is 1. The van der Waals surface area contributed by atoms with Crippen molar-refractivity contribution in [2.45, 2.75) is 11.3 Å². The largest absolute Gasteiger partial charge is 0.325 e. The summed E-state index contributed by atoms with van der Waals surface area (Å²) in [6.07, 6.45) is -0.00153. The summed E-state index contributed by atoms with van der Waals surface area (Å²) in [4.78, 5) is 12.0. The first-order chi connectivity index (χ1) is 10.9. The van der Waals surface area contributed by atoms with Crippen LogP contribution in [0.1, 0.15) is 6.42 Å². The standard InChI is InChI=1S/C15H14BrClN2O3S/c16-11-6-7-14(13(17)10-11)19-15(20)8-9-18-23(21,22)12-4-2-1-3-5-12/h1-7,10,18H,8-9H2,(H,19,20). The number of benzene rings is 2. The molecule has 0 aliphatic rings. The maximum atomic E-state index is 12.0. The molecule has 23 heavy (non-hydrogen) atoms. The Hall–Kier alpha value is -1.41. The third-order valence-electron chi connectivity index (χ3n) is 2.90. The van der Waals surface area contributed by atoms with Gasteiger partial charge in [0.15, 0.2) is 0 Å². The van der Waals surface area contributed by atoms with Crippen LogP contribution in [-0.4, -0.2) is 20.9 Å². The van der Waals surface area contributed by atoms with E-state index in [2.05, 4.69) is 26.0 Å². The lowest BCUT2D eigenvalue weighted by Gasteiger charge is -2.09. The average Bonchev–Trinajstić information content (AvgIpc) is 2.51. The number of nitrogens with one attached hydrogen (secondary N) is 2. The number of hydrogen-bond acceptors (Lipinski definition) is 3. The molecule has 0 aromatic heterocycles. The summed E-state index contributed by atoms with van der Waals surface area (Å²) in [5.74, 6) is -0.329. The Bertz CT molecular complexity index is 798. The van der Waals surface area contributed by atoms with Crippen LogP contribution in [-0.2, 0) is 14.8 Å². The zero-order valence-electron chi connectivity index (χ0n) is 11.9. The molecule has 8 heteroatoms. The Morgan fingerprint density at radius 3 is 2.48 bits per heavy atom. The van der Waals surface area contributed by atoms with Gasteiger partial charge >= 0.3 is 0 Å². The van der Waals surface area contributed by atoms with Gasteiger partial charge in [-0.05, 0) is 30.3 Å². The number of anilines is 1. The van der Waals surface area contributed by atoms with Gasteiger partial charge in [-0.2, -0.15) is 0 Å². The van der Waals surface area contributed by atoms with Crippen molar-refractivity contribution in [2.75, 3.05) is 11.9 Å². The Morgan fingerprint density at radius 2 is 1.83 bits per heavy atom. The maximum Gasteiger partial charge on any atom is 0.240 e. The fourth-order valence-corrected chi connectivity index (χ4v) is 3.56. The fourth-order valence-electron chi connectivity index (χ4n) is 1.79. The molecule has 122 valence electrons. The second-order valence-corrected chi connectivity index (χ2v) is 7.72. The highest BCUT2D eigenvalue weighted by molar-refractivity contribution is 9.10. The van der Waals surface area contributed by atoms with Gasteiger partial charge in [0.25, 0.3) is 0 Å². The summed E-state index contributed by atoms with van der Waals surface area (Å²) in [5, 5.41) is 3.04. The summed E-state index contributed by atoms with van der Waals surface area (Å²) in [6.45, 7) is -0.00277. The van der Waals surface area contributed by atoms with E-state index >= 15 is 0 Å². The number of halogens is 2. The maximum absolute atomic E-state index is 12.0. The lowest BCUT2D eigenvalue weighted by atomic mass is 10.3. The highest BCUT2D eigenvalue weighted by atomic mass is 79.9. The van der Waals surface area contributed by atoms with E-state index in [0.29, 0.717) is 10.7 Å². The molecule has 0 unspecified atom stereocenters. The number of rotatable bonds is 6. The summed E-state index contributed by atoms with van der Waals surface area (Å²) < 4.78 is 27.2. The van der Waals surface area contributed by atoms with Crippen LogP contribution in [0.15, 0.2) is 57.9 Å². The van der Waals surface area contributed by atoms with E-state index in [-0.39, 0.29) is 23.8 Å². The molecule has 0 bridgehead atoms. The van der Waals surface area contributed by atoms with Gasteiger partial charge in [-0.3, -0.25) is 4.79 Å². The molecule has 0 heterocycles. The number of hydrogen-bond donors (Lipinski definition) is 2. The van der Waals surface area contributed by atoms with Gasteiger partial charge in [-0.25, -0.2) is 13.1 Å². The summed E-state index contributed by atoms with van der Waals surface area (Å²) in [5.41, 5.74) is 0.478. The lowest BCUT2D eigenvalue weighted by Crippen LogP contribution is -2.27. The van der Waals surface area contributed by atoms with Gasteiger partial charge in [0.2, 0.25) is 15.9 Å². The minimum Gasteiger partial charge on any atom is -0.325 e. The van der Waals surface area contributed by atoms with Gasteiger partial charge in [0, 0.05) is 17.4 Å². The minimum absolute atomic E-state index is 0.00153. The molecule has 2 rings (SSSR count). The van der Waals surface area contributed by atoms with Gasteiger partial charge in [0.05, 0.1) is 15.6 Å². The highest BCUT2D eigenvalue weighted by Crippen LogP contribution is 2.25. The predicted molar refractivity (Wildman–Crippen MR) is 94.0 cm³/mol. The fraction of sp³-hybridized carbons (Fsp3) is 0.133. The van der Waals surface area contributed by atoms with E-state index in [4.69, 9.17) is 11.6 Å². The molecular formula is C15H14BrClN2O3S. The molecule has 0 aliphatic heterocycles. The molecule has 2 aromatic carbocycles. The lowest BCUT2D eigenvalue weighted by molar-refractivity contribution is -0.116. The van der Waals surface area contributed by atoms with Gasteiger partial charge in [0.1, 0.15) is 0 Å². The van der Waals surface area contributed by atoms with Crippen molar-refractivity contribution in [1.29, 1.82) is 0 Å². The first kappa shape index (κ1) is 17.9. The SMILES string of the molecule is O=C(CCNS(=O)(=O)c1ccccc1)Nc1ccc(Br)cc1Cl. The molecule has 0 spiro atoms. The van der Waals surface area contributed by atoms with Crippen LogP contribution in [0.3, 0.4) is 0 Å². The Morgan fingerprint density at radius 1 is 1.13 bits per heavy atom. The third kappa shape index (κ3) is 5.31. The number of carbonyl (C=O) groups is 1. The molecule has 0 atom stereocenters. The van der Waals surface area contributed by atoms with Crippen LogP contribution in [0, 0.1) is 0 Å². The minimum atomic E-state index is -3.60. The van der Waals surface area contributed by atoms with E-state index in [1.807, 2.05) is 0 Å². The second kappa shape index (κ2) is 7.92. The monoisotopic (exact) mass is 416 g/mol. The van der Waals surface area contributed by atoms with E-state index in [9.17, 15) is 13.2 Å². The average molecular weight is 418 g/mol. The Kier molecular flexibility index (Phi) is 6.17. The smallest absolute Gasteiger partial charge is 0.240 e. The topological polar surface area (TPSA) is 75.3 Å². The Balaban J connectivity index is 1.88. The van der Waals surface area contributed by atoms with Crippen molar-refractivity contribution in [2.24, 2.45) is 0 Å². The van der Waals surface area contributed by atoms with Crippen LogP contribution in [0.2, 0.25) is 5.02 Å². The van der Waals surface area contributed by atoms with E-state index in [1.165, 1.54) is 12.1 Å². The van der Waals surface area contributed by atoms with Gasteiger partial charge < -0.3 is 5.32 Å². The number of sulfonamides is 1. The molecule has 2 N–H and O–H groups in total. The van der Waals surface area contributed by atoms with Crippen molar-refractivity contribution in [3.05, 3.63) is 58.0 Å². The summed E-state index contributed by atoms with van der Waals surface area (Å²) in [7, 11) is -3.60. The van der Waals surface area contributed by atoms with Crippen LogP contribution in [0.4, 0.5) is 5.69 Å². The van der Waals surface area contributed by atoms with Crippen molar-refractivity contribution in [3.63, 3.8) is 0 Å². The molecule has 0 aliphatic carbocycles. The van der Waals surface area contributed by atoms with Crippen LogP contribution < -0.4 is 10.0 Å². The van der Waals surface area contributed by atoms with Crippen LogP contribution in [0.5, 0.6) is 0 Å². The van der Waals surface area contributed by atoms with Gasteiger partial charge in [-0.15, -0.1) is 0 Å². The first-order valence-corrected chi connectivity index (χ1v) is 9.33. The first-order valence-electron chi connectivity index (χ1n) is 6.68. The molecule has 0 saturated heterocycles. The zero-order chi connectivity index (χ0) is 16.9. The molecule has 1 amide bonds. The molecule has 2 aromatic rings. The van der Waals surface area contributed by atoms with E-state index in [1.54, 1.807) is 36.4 Å². The summed E-state index contributed by atoms with van der Waals surface area (Å²) in [6, 6.07) is 13.1. The van der Waals surface area contributed by atoms with E-state index in [0.717, 1.165) is 4.47 Å². The second-order valence-electron chi connectivity index (χ2n) is 4.63.